The highest BCUT2D eigenvalue weighted by Crippen LogP contribution is 2.42. The van der Waals surface area contributed by atoms with E-state index in [0.29, 0.717) is 38.2 Å². The van der Waals surface area contributed by atoms with Crippen LogP contribution >= 0.6 is 15.9 Å². The highest BCUT2D eigenvalue weighted by atomic mass is 79.9. The van der Waals surface area contributed by atoms with Gasteiger partial charge in [-0.3, -0.25) is 9.59 Å². The molecule has 1 aliphatic rings. The van der Waals surface area contributed by atoms with Crippen LogP contribution in [0.5, 0.6) is 0 Å². The van der Waals surface area contributed by atoms with Gasteiger partial charge in [0.15, 0.2) is 0 Å². The van der Waals surface area contributed by atoms with Gasteiger partial charge in [0, 0.05) is 81.5 Å². The minimum Gasteiger partial charge on any atom is -0.378 e. The zero-order chi connectivity index (χ0) is 43.3. The lowest BCUT2D eigenvalue weighted by Gasteiger charge is -2.32. The number of nitrogens with one attached hydrogen (secondary N) is 5. The molecule has 0 bridgehead atoms. The number of para-hydroxylation sites is 3. The van der Waals surface area contributed by atoms with Gasteiger partial charge in [-0.05, 0) is 82.3 Å². The van der Waals surface area contributed by atoms with Gasteiger partial charge < -0.3 is 37.4 Å². The van der Waals surface area contributed by atoms with Crippen molar-refractivity contribution in [3.63, 3.8) is 0 Å². The van der Waals surface area contributed by atoms with Gasteiger partial charge in [0.1, 0.15) is 0 Å². The largest absolute Gasteiger partial charge is 0.378 e. The number of carbonyl (C=O) groups excluding carboxylic acids is 2. The number of halogens is 1. The molecule has 0 aliphatic carbocycles. The predicted octanol–water partition coefficient (Wildman–Crippen LogP) is 10.1. The Hall–Kier alpha value is -7.05. The van der Waals surface area contributed by atoms with Crippen molar-refractivity contribution < 1.29 is 9.59 Å². The lowest BCUT2D eigenvalue weighted by atomic mass is 9.83. The molecule has 0 fully saturated rings. The number of H-pyrrole nitrogens is 2. The molecular weight excluding hydrogens is 849 g/mol. The fourth-order valence-electron chi connectivity index (χ4n) is 8.36. The minimum atomic E-state index is -0.209. The molecule has 9 aromatic rings. The van der Waals surface area contributed by atoms with E-state index in [-0.39, 0.29) is 23.8 Å². The van der Waals surface area contributed by atoms with Crippen molar-refractivity contribution in [1.29, 1.82) is 0 Å². The molecule has 0 radical (unpaired) electrons. The summed E-state index contributed by atoms with van der Waals surface area (Å²) in [6.45, 7) is 1.97. The molecule has 10 rings (SSSR count). The third kappa shape index (κ3) is 8.98. The van der Waals surface area contributed by atoms with Crippen LogP contribution in [-0.2, 0) is 31.0 Å². The molecule has 2 amide bonds. The van der Waals surface area contributed by atoms with E-state index in [0.717, 1.165) is 76.6 Å². The number of pyridine rings is 1. The predicted molar refractivity (Wildman–Crippen MR) is 257 cm³/mol. The molecule has 2 unspecified atom stereocenters. The van der Waals surface area contributed by atoms with Crippen LogP contribution in [0.4, 0.5) is 5.69 Å². The molecule has 10 nitrogen and oxygen atoms in total. The summed E-state index contributed by atoms with van der Waals surface area (Å²) in [7, 11) is 0. The number of fused-ring (bicyclic) bond motifs is 4. The molecule has 6 aromatic carbocycles. The van der Waals surface area contributed by atoms with E-state index in [1.807, 2.05) is 121 Å². The lowest BCUT2D eigenvalue weighted by Crippen LogP contribution is -2.34. The maximum Gasteiger partial charge on any atom is 0.252 e. The first kappa shape index (κ1) is 41.3. The SMILES string of the molecule is NCc1ccc(CNC(=O)C2CC(c3c[nH]c4ccccc34)Nc3ccccc32)cc1.NCc1ccc(CNC(=O)c2cc(-c3c[nH]c4ccc(Br)cc34)nc3ccccc23)cc1. The molecular formula is C52H47BrN8O2. The average Bonchev–Trinajstić information content (AvgIpc) is 3.97. The molecule has 0 saturated carbocycles. The number of nitrogens with two attached hydrogens (primary N) is 2. The maximum atomic E-state index is 13.3. The van der Waals surface area contributed by atoms with Crippen molar-refractivity contribution in [2.24, 2.45) is 11.5 Å². The van der Waals surface area contributed by atoms with Crippen LogP contribution in [0.15, 0.2) is 162 Å². The fourth-order valence-corrected chi connectivity index (χ4v) is 8.72. The monoisotopic (exact) mass is 894 g/mol. The van der Waals surface area contributed by atoms with Crippen molar-refractivity contribution in [1.82, 2.24) is 25.6 Å². The van der Waals surface area contributed by atoms with E-state index < -0.39 is 0 Å². The molecule has 0 saturated heterocycles. The summed E-state index contributed by atoms with van der Waals surface area (Å²) in [5.74, 6) is -0.283. The Labute approximate surface area is 373 Å². The summed E-state index contributed by atoms with van der Waals surface area (Å²) in [6.07, 6.45) is 4.70. The number of hydrogen-bond donors (Lipinski definition) is 7. The summed E-state index contributed by atoms with van der Waals surface area (Å²) in [6, 6.07) is 48.1. The molecule has 0 spiro atoms. The molecule has 2 atom stereocenters. The number of rotatable bonds is 10. The third-order valence-corrected chi connectivity index (χ3v) is 12.3. The van der Waals surface area contributed by atoms with Crippen LogP contribution in [0.3, 0.4) is 0 Å². The summed E-state index contributed by atoms with van der Waals surface area (Å²) in [4.78, 5) is 38.0. The second-order valence-corrected chi connectivity index (χ2v) is 16.7. The standard InChI is InChI=1S/C26H21BrN4O.C26H26N4O/c27-18-9-10-23-20(11-18)22(15-29-23)25-12-21(19-3-1-2-4-24(19)31-25)26(32)30-14-17-7-5-16(13-28)6-8-17;27-14-17-9-11-18(12-10-17)15-29-26(31)21-13-25(30-24-8-4-2-5-19(21)24)22-16-28-23-7-3-1-6-20(22)23/h1-12,15,29H,13-14,28H2,(H,30,32);1-12,16,21,25,28,30H,13-15,27H2,(H,29,31). The maximum absolute atomic E-state index is 13.3. The van der Waals surface area contributed by atoms with Crippen molar-refractivity contribution in [2.75, 3.05) is 5.32 Å². The minimum absolute atomic E-state index is 0.0571. The Morgan fingerprint density at radius 2 is 1.25 bits per heavy atom. The van der Waals surface area contributed by atoms with E-state index in [1.165, 1.54) is 10.9 Å². The Morgan fingerprint density at radius 1 is 0.635 bits per heavy atom. The fraction of sp³-hybridized carbons (Fsp3) is 0.135. The van der Waals surface area contributed by atoms with Crippen molar-refractivity contribution in [3.8, 4) is 11.3 Å². The van der Waals surface area contributed by atoms with E-state index in [9.17, 15) is 9.59 Å². The second-order valence-electron chi connectivity index (χ2n) is 15.8. The number of carbonyl (C=O) groups is 2. The van der Waals surface area contributed by atoms with E-state index in [2.05, 4.69) is 78.4 Å². The smallest absolute Gasteiger partial charge is 0.252 e. The number of benzene rings is 6. The molecule has 314 valence electrons. The van der Waals surface area contributed by atoms with Crippen molar-refractivity contribution in [2.45, 2.75) is 44.6 Å². The van der Waals surface area contributed by atoms with Gasteiger partial charge in [-0.25, -0.2) is 4.98 Å². The van der Waals surface area contributed by atoms with Crippen LogP contribution in [0.2, 0.25) is 0 Å². The topological polar surface area (TPSA) is 167 Å². The van der Waals surface area contributed by atoms with Gasteiger partial charge in [0.05, 0.1) is 28.7 Å². The van der Waals surface area contributed by atoms with Crippen LogP contribution < -0.4 is 27.4 Å². The summed E-state index contributed by atoms with van der Waals surface area (Å²) in [5.41, 5.74) is 24.1. The molecule has 3 aromatic heterocycles. The summed E-state index contributed by atoms with van der Waals surface area (Å²) < 4.78 is 0.991. The van der Waals surface area contributed by atoms with Gasteiger partial charge in [0.2, 0.25) is 5.91 Å². The average molecular weight is 896 g/mol. The molecule has 11 heteroatoms. The Kier molecular flexibility index (Phi) is 12.1. The van der Waals surface area contributed by atoms with Gasteiger partial charge >= 0.3 is 0 Å². The zero-order valence-corrected chi connectivity index (χ0v) is 36.1. The third-order valence-electron chi connectivity index (χ3n) is 11.8. The van der Waals surface area contributed by atoms with Crippen LogP contribution in [0, 0.1) is 0 Å². The first-order chi connectivity index (χ1) is 30.8. The first-order valence-corrected chi connectivity index (χ1v) is 21.8. The van der Waals surface area contributed by atoms with E-state index in [1.54, 1.807) is 0 Å². The second kappa shape index (κ2) is 18.5. The number of aromatic amines is 2. The lowest BCUT2D eigenvalue weighted by molar-refractivity contribution is -0.123. The van der Waals surface area contributed by atoms with Gasteiger partial charge in [-0.15, -0.1) is 0 Å². The first-order valence-electron chi connectivity index (χ1n) is 21.0. The van der Waals surface area contributed by atoms with Gasteiger partial charge in [0.25, 0.3) is 5.91 Å². The highest BCUT2D eigenvalue weighted by molar-refractivity contribution is 9.10. The Bertz CT molecular complexity index is 3070. The van der Waals surface area contributed by atoms with Gasteiger partial charge in [-0.2, -0.15) is 0 Å². The van der Waals surface area contributed by atoms with Crippen LogP contribution in [0.25, 0.3) is 44.0 Å². The highest BCUT2D eigenvalue weighted by Gasteiger charge is 2.33. The summed E-state index contributed by atoms with van der Waals surface area (Å²) in [5, 5.41) is 12.9. The molecule has 1 aliphatic heterocycles. The van der Waals surface area contributed by atoms with E-state index in [4.69, 9.17) is 16.5 Å². The molecule has 63 heavy (non-hydrogen) atoms. The van der Waals surface area contributed by atoms with E-state index >= 15 is 0 Å². The normalized spacial score (nSPS) is 14.4. The number of amides is 2. The van der Waals surface area contributed by atoms with Crippen molar-refractivity contribution in [3.05, 3.63) is 201 Å². The number of hydrogen-bond acceptors (Lipinski definition) is 6. The quantitative estimate of drug-likeness (QED) is 0.0722. The number of aromatic nitrogens is 3. The molecule has 4 heterocycles. The summed E-state index contributed by atoms with van der Waals surface area (Å²) >= 11 is 3.55. The zero-order valence-electron chi connectivity index (χ0n) is 34.5. The van der Waals surface area contributed by atoms with Gasteiger partial charge in [-0.1, -0.05) is 119 Å². The van der Waals surface area contributed by atoms with Crippen molar-refractivity contribution >= 4 is 66.1 Å². The Morgan fingerprint density at radius 3 is 2.00 bits per heavy atom. The van der Waals surface area contributed by atoms with Crippen LogP contribution in [0.1, 0.15) is 62.1 Å². The Balaban J connectivity index is 0.000000160. The molecule has 9 N–H and O–H groups in total. The van der Waals surface area contributed by atoms with Crippen LogP contribution in [-0.4, -0.2) is 26.8 Å². The number of anilines is 1. The number of nitrogens with zero attached hydrogens (tertiary/aromatic N) is 1.